The number of rotatable bonds is 5. The summed E-state index contributed by atoms with van der Waals surface area (Å²) in [5.41, 5.74) is 1.07. The van der Waals surface area contributed by atoms with E-state index in [4.69, 9.17) is 4.98 Å². The van der Waals surface area contributed by atoms with Crippen molar-refractivity contribution < 1.29 is 0 Å². The van der Waals surface area contributed by atoms with Gasteiger partial charge < -0.3 is 10.3 Å². The molecule has 2 N–H and O–H groups in total. The molecule has 0 bridgehead atoms. The molecule has 0 saturated carbocycles. The summed E-state index contributed by atoms with van der Waals surface area (Å²) in [5, 5.41) is 4.01. The van der Waals surface area contributed by atoms with Gasteiger partial charge in [0.05, 0.1) is 11.4 Å². The third-order valence-electron chi connectivity index (χ3n) is 5.45. The molecule has 1 unspecified atom stereocenters. The Balaban J connectivity index is 1.75. The van der Waals surface area contributed by atoms with Crippen LogP contribution >= 0.6 is 11.3 Å². The molecule has 0 amide bonds. The minimum atomic E-state index is 0.00704. The van der Waals surface area contributed by atoms with Crippen molar-refractivity contribution in [3.8, 4) is 0 Å². The van der Waals surface area contributed by atoms with Gasteiger partial charge in [-0.2, -0.15) is 0 Å². The van der Waals surface area contributed by atoms with Gasteiger partial charge in [-0.3, -0.25) is 9.69 Å². The number of fused-ring (bicyclic) bond motifs is 1. The highest BCUT2D eigenvalue weighted by atomic mass is 32.1. The Morgan fingerprint density at radius 1 is 1.38 bits per heavy atom. The van der Waals surface area contributed by atoms with Crippen LogP contribution in [0.2, 0.25) is 0 Å². The number of thiophene rings is 1. The first-order valence-corrected chi connectivity index (χ1v) is 9.71. The van der Waals surface area contributed by atoms with E-state index in [9.17, 15) is 4.79 Å². The minimum absolute atomic E-state index is 0.00704. The van der Waals surface area contributed by atoms with E-state index in [2.05, 4.69) is 29.0 Å². The predicted octanol–water partition coefficient (Wildman–Crippen LogP) is 2.98. The van der Waals surface area contributed by atoms with Crippen molar-refractivity contribution >= 4 is 21.6 Å². The van der Waals surface area contributed by atoms with Crippen molar-refractivity contribution in [2.75, 3.05) is 26.7 Å². The van der Waals surface area contributed by atoms with Crippen LogP contribution in [0.1, 0.15) is 48.5 Å². The largest absolute Gasteiger partial charge is 0.320 e. The molecule has 1 aliphatic rings. The van der Waals surface area contributed by atoms with Gasteiger partial charge in [-0.15, -0.1) is 11.3 Å². The lowest BCUT2D eigenvalue weighted by molar-refractivity contribution is 0.133. The fourth-order valence-corrected chi connectivity index (χ4v) is 4.66. The highest BCUT2D eigenvalue weighted by Gasteiger charge is 2.25. The van der Waals surface area contributed by atoms with Gasteiger partial charge in [0.25, 0.3) is 5.56 Å². The summed E-state index contributed by atoms with van der Waals surface area (Å²) < 4.78 is 0. The highest BCUT2D eigenvalue weighted by Crippen LogP contribution is 2.29. The van der Waals surface area contributed by atoms with E-state index in [1.165, 1.54) is 24.1 Å². The summed E-state index contributed by atoms with van der Waals surface area (Å²) in [5.74, 6) is 1.63. The minimum Gasteiger partial charge on any atom is -0.320 e. The molecule has 2 aromatic heterocycles. The van der Waals surface area contributed by atoms with E-state index in [-0.39, 0.29) is 11.6 Å². The third-order valence-corrected chi connectivity index (χ3v) is 6.55. The van der Waals surface area contributed by atoms with Gasteiger partial charge in [0, 0.05) is 4.88 Å². The summed E-state index contributed by atoms with van der Waals surface area (Å²) in [6, 6.07) is 0.162. The Bertz CT molecular complexity index is 758. The first kappa shape index (κ1) is 17.6. The smallest absolute Gasteiger partial charge is 0.259 e. The molecular formula is C18H28N4OS. The van der Waals surface area contributed by atoms with Gasteiger partial charge in [-0.05, 0) is 78.2 Å². The van der Waals surface area contributed by atoms with Crippen LogP contribution in [0.4, 0.5) is 0 Å². The number of aromatic nitrogens is 2. The molecule has 0 aliphatic carbocycles. The predicted molar refractivity (Wildman–Crippen MR) is 101 cm³/mol. The second-order valence-corrected chi connectivity index (χ2v) is 8.17. The van der Waals surface area contributed by atoms with E-state index in [0.29, 0.717) is 0 Å². The van der Waals surface area contributed by atoms with Crippen LogP contribution < -0.4 is 10.9 Å². The highest BCUT2D eigenvalue weighted by molar-refractivity contribution is 7.18. The number of aryl methyl sites for hydroxylation is 2. The van der Waals surface area contributed by atoms with Gasteiger partial charge in [-0.25, -0.2) is 4.98 Å². The molecule has 0 radical (unpaired) electrons. The Labute approximate surface area is 147 Å². The SMILES string of the molecule is CNCCC1CCN(C(C)c2nc3sc(C)c(C)c3c(=O)[nH]2)CC1. The summed E-state index contributed by atoms with van der Waals surface area (Å²) in [4.78, 5) is 24.8. The molecule has 132 valence electrons. The second-order valence-electron chi connectivity index (χ2n) is 6.96. The van der Waals surface area contributed by atoms with Crippen LogP contribution in [0.3, 0.4) is 0 Å². The first-order valence-electron chi connectivity index (χ1n) is 8.89. The van der Waals surface area contributed by atoms with Crippen LogP contribution in [0.25, 0.3) is 10.2 Å². The zero-order valence-corrected chi connectivity index (χ0v) is 15.9. The Kier molecular flexibility index (Phi) is 5.37. The van der Waals surface area contributed by atoms with Gasteiger partial charge in [0.15, 0.2) is 0 Å². The number of piperidine rings is 1. The molecule has 5 nitrogen and oxygen atoms in total. The number of aromatic amines is 1. The lowest BCUT2D eigenvalue weighted by Crippen LogP contribution is -2.37. The lowest BCUT2D eigenvalue weighted by Gasteiger charge is -2.35. The maximum Gasteiger partial charge on any atom is 0.259 e. The molecule has 24 heavy (non-hydrogen) atoms. The average Bonchev–Trinajstić information content (AvgIpc) is 2.87. The van der Waals surface area contributed by atoms with Crippen molar-refractivity contribution in [2.45, 2.75) is 46.1 Å². The maximum atomic E-state index is 12.5. The number of hydrogen-bond acceptors (Lipinski definition) is 5. The number of hydrogen-bond donors (Lipinski definition) is 2. The maximum absolute atomic E-state index is 12.5. The van der Waals surface area contributed by atoms with E-state index in [1.807, 2.05) is 14.0 Å². The molecule has 1 aliphatic heterocycles. The zero-order chi connectivity index (χ0) is 17.3. The van der Waals surface area contributed by atoms with Gasteiger partial charge in [-0.1, -0.05) is 0 Å². The van der Waals surface area contributed by atoms with Crippen molar-refractivity contribution in [1.82, 2.24) is 20.2 Å². The van der Waals surface area contributed by atoms with Gasteiger partial charge in [0.1, 0.15) is 10.7 Å². The quantitative estimate of drug-likeness (QED) is 0.872. The summed E-state index contributed by atoms with van der Waals surface area (Å²) in [6.45, 7) is 9.48. The zero-order valence-electron chi connectivity index (χ0n) is 15.1. The fraction of sp³-hybridized carbons (Fsp3) is 0.667. The van der Waals surface area contributed by atoms with Crippen molar-refractivity contribution in [3.63, 3.8) is 0 Å². The van der Waals surface area contributed by atoms with Crippen LogP contribution in [0, 0.1) is 19.8 Å². The van der Waals surface area contributed by atoms with E-state index in [1.54, 1.807) is 11.3 Å². The number of H-pyrrole nitrogens is 1. The van der Waals surface area contributed by atoms with Crippen LogP contribution in [0.5, 0.6) is 0 Å². The molecular weight excluding hydrogens is 320 g/mol. The average molecular weight is 349 g/mol. The van der Waals surface area contributed by atoms with Crippen molar-refractivity contribution in [1.29, 1.82) is 0 Å². The number of likely N-dealkylation sites (tertiary alicyclic amines) is 1. The molecule has 3 heterocycles. The van der Waals surface area contributed by atoms with E-state index < -0.39 is 0 Å². The van der Waals surface area contributed by atoms with Crippen LogP contribution in [-0.2, 0) is 0 Å². The molecule has 1 saturated heterocycles. The first-order chi connectivity index (χ1) is 11.5. The summed E-state index contributed by atoms with van der Waals surface area (Å²) in [7, 11) is 2.02. The third kappa shape index (κ3) is 3.41. The lowest BCUT2D eigenvalue weighted by atomic mass is 9.93. The summed E-state index contributed by atoms with van der Waals surface area (Å²) >= 11 is 1.62. The molecule has 0 aromatic carbocycles. The van der Waals surface area contributed by atoms with Gasteiger partial charge >= 0.3 is 0 Å². The standard InChI is InChI=1S/C18H28N4OS/c1-11-13(3)24-18-15(11)17(23)20-16(21-18)12(2)22-9-6-14(7-10-22)5-8-19-4/h12,14,19H,5-10H2,1-4H3,(H,20,21,23). The molecule has 6 heteroatoms. The number of nitrogens with one attached hydrogen (secondary N) is 2. The topological polar surface area (TPSA) is 61.0 Å². The Hall–Kier alpha value is -1.24. The van der Waals surface area contributed by atoms with Crippen LogP contribution in [-0.4, -0.2) is 41.5 Å². The number of nitrogens with zero attached hydrogens (tertiary/aromatic N) is 2. The van der Waals surface area contributed by atoms with E-state index in [0.717, 1.165) is 47.2 Å². The molecule has 3 rings (SSSR count). The fourth-order valence-electron chi connectivity index (χ4n) is 3.62. The second kappa shape index (κ2) is 7.33. The van der Waals surface area contributed by atoms with Crippen molar-refractivity contribution in [2.24, 2.45) is 5.92 Å². The summed E-state index contributed by atoms with van der Waals surface area (Å²) in [6.07, 6.45) is 3.72. The molecule has 1 atom stereocenters. The van der Waals surface area contributed by atoms with Crippen LogP contribution in [0.15, 0.2) is 4.79 Å². The Morgan fingerprint density at radius 2 is 2.08 bits per heavy atom. The van der Waals surface area contributed by atoms with Crippen molar-refractivity contribution in [3.05, 3.63) is 26.6 Å². The molecule has 1 fully saturated rings. The molecule has 2 aromatic rings. The Morgan fingerprint density at radius 3 is 2.75 bits per heavy atom. The monoisotopic (exact) mass is 348 g/mol. The molecule has 0 spiro atoms. The normalized spacial score (nSPS) is 18.3. The van der Waals surface area contributed by atoms with E-state index >= 15 is 0 Å². The van der Waals surface area contributed by atoms with Gasteiger partial charge in [0.2, 0.25) is 0 Å².